The molecule has 1 aliphatic rings. The molecule has 5 nitrogen and oxygen atoms in total. The van der Waals surface area contributed by atoms with Crippen LogP contribution in [0.1, 0.15) is 69.3 Å². The van der Waals surface area contributed by atoms with Gasteiger partial charge in [0.2, 0.25) is 5.91 Å². The fourth-order valence-electron chi connectivity index (χ4n) is 4.22. The van der Waals surface area contributed by atoms with Crippen molar-refractivity contribution < 1.29 is 14.3 Å². The van der Waals surface area contributed by atoms with E-state index in [0.29, 0.717) is 37.1 Å². The van der Waals surface area contributed by atoms with E-state index in [1.54, 1.807) is 6.92 Å². The van der Waals surface area contributed by atoms with Crippen LogP contribution in [0.5, 0.6) is 5.75 Å². The van der Waals surface area contributed by atoms with Crippen LogP contribution < -0.4 is 10.1 Å². The van der Waals surface area contributed by atoms with Gasteiger partial charge in [0.15, 0.2) is 6.10 Å². The Hall–Kier alpha value is -2.82. The Balaban J connectivity index is 1.91. The van der Waals surface area contributed by atoms with E-state index in [2.05, 4.69) is 70.3 Å². The predicted octanol–water partition coefficient (Wildman–Crippen LogP) is 5.05. The lowest BCUT2D eigenvalue weighted by atomic mass is 9.87. The molecule has 2 aromatic rings. The van der Waals surface area contributed by atoms with Crippen LogP contribution in [-0.4, -0.2) is 35.9 Å². The fraction of sp³-hybridized carbons (Fsp3) is 0.500. The minimum atomic E-state index is -0.595. The number of hydrogen-bond acceptors (Lipinski definition) is 3. The summed E-state index contributed by atoms with van der Waals surface area (Å²) in [4.78, 5) is 27.6. The molecule has 0 radical (unpaired) electrons. The summed E-state index contributed by atoms with van der Waals surface area (Å²) in [5.41, 5.74) is 4.58. The van der Waals surface area contributed by atoms with Gasteiger partial charge in [-0.3, -0.25) is 9.59 Å². The van der Waals surface area contributed by atoms with Gasteiger partial charge < -0.3 is 15.0 Å². The first-order valence-electron chi connectivity index (χ1n) is 12.1. The SMILES string of the molecule is Cc1ccc([C@@H]2c3cc(O[C@@H](C)C(=O)NCC(C)C)ccc3CCN2C(=O)CC(C)C)cc1. The van der Waals surface area contributed by atoms with Gasteiger partial charge in [-0.05, 0) is 60.9 Å². The minimum Gasteiger partial charge on any atom is -0.481 e. The quantitative estimate of drug-likeness (QED) is 0.612. The summed E-state index contributed by atoms with van der Waals surface area (Å²) in [5.74, 6) is 1.39. The number of fused-ring (bicyclic) bond motifs is 1. The van der Waals surface area contributed by atoms with Gasteiger partial charge in [0.25, 0.3) is 5.91 Å². The Labute approximate surface area is 198 Å². The third-order valence-corrected chi connectivity index (χ3v) is 6.01. The lowest BCUT2D eigenvalue weighted by Gasteiger charge is -2.38. The highest BCUT2D eigenvalue weighted by Gasteiger charge is 2.32. The number of ether oxygens (including phenoxy) is 1. The highest BCUT2D eigenvalue weighted by atomic mass is 16.5. The van der Waals surface area contributed by atoms with E-state index in [-0.39, 0.29) is 17.9 Å². The summed E-state index contributed by atoms with van der Waals surface area (Å²) in [7, 11) is 0. The zero-order chi connectivity index (χ0) is 24.1. The van der Waals surface area contributed by atoms with Gasteiger partial charge >= 0.3 is 0 Å². The summed E-state index contributed by atoms with van der Waals surface area (Å²) in [6.45, 7) is 13.4. The number of rotatable bonds is 8. The molecule has 0 saturated heterocycles. The Kier molecular flexibility index (Phi) is 8.17. The van der Waals surface area contributed by atoms with Gasteiger partial charge in [0, 0.05) is 19.5 Å². The maximum atomic E-state index is 13.2. The van der Waals surface area contributed by atoms with Crippen LogP contribution in [0.4, 0.5) is 0 Å². The third kappa shape index (κ3) is 6.37. The molecule has 2 amide bonds. The molecule has 0 fully saturated rings. The van der Waals surface area contributed by atoms with Gasteiger partial charge in [0.1, 0.15) is 5.75 Å². The highest BCUT2D eigenvalue weighted by molar-refractivity contribution is 5.80. The van der Waals surface area contributed by atoms with Crippen LogP contribution in [0.25, 0.3) is 0 Å². The Bertz CT molecular complexity index is 966. The number of benzene rings is 2. The highest BCUT2D eigenvalue weighted by Crippen LogP contribution is 2.38. The van der Waals surface area contributed by atoms with E-state index >= 15 is 0 Å². The van der Waals surface area contributed by atoms with E-state index < -0.39 is 6.10 Å². The Morgan fingerprint density at radius 2 is 1.73 bits per heavy atom. The van der Waals surface area contributed by atoms with Crippen LogP contribution in [0.2, 0.25) is 0 Å². The monoisotopic (exact) mass is 450 g/mol. The largest absolute Gasteiger partial charge is 0.481 e. The summed E-state index contributed by atoms with van der Waals surface area (Å²) in [6.07, 6.45) is 0.745. The molecular formula is C28H38N2O3. The van der Waals surface area contributed by atoms with Crippen molar-refractivity contribution in [3.8, 4) is 5.75 Å². The Morgan fingerprint density at radius 1 is 1.03 bits per heavy atom. The normalized spacial score (nSPS) is 16.5. The number of carbonyl (C=O) groups is 2. The van der Waals surface area contributed by atoms with Crippen molar-refractivity contribution in [3.63, 3.8) is 0 Å². The maximum Gasteiger partial charge on any atom is 0.260 e. The molecule has 33 heavy (non-hydrogen) atoms. The predicted molar refractivity (Wildman–Crippen MR) is 132 cm³/mol. The molecule has 5 heteroatoms. The molecule has 1 heterocycles. The second-order valence-corrected chi connectivity index (χ2v) is 10.0. The molecule has 0 aromatic heterocycles. The summed E-state index contributed by atoms with van der Waals surface area (Å²) in [5, 5.41) is 2.93. The van der Waals surface area contributed by atoms with E-state index in [4.69, 9.17) is 4.74 Å². The molecule has 0 aliphatic carbocycles. The maximum absolute atomic E-state index is 13.2. The number of aryl methyl sites for hydroxylation is 1. The van der Waals surface area contributed by atoms with Gasteiger partial charge in [-0.2, -0.15) is 0 Å². The summed E-state index contributed by atoms with van der Waals surface area (Å²) >= 11 is 0. The first-order valence-corrected chi connectivity index (χ1v) is 12.1. The van der Waals surface area contributed by atoms with Crippen molar-refractivity contribution >= 4 is 11.8 Å². The van der Waals surface area contributed by atoms with Gasteiger partial charge in [-0.15, -0.1) is 0 Å². The molecule has 1 N–H and O–H groups in total. The zero-order valence-electron chi connectivity index (χ0n) is 20.9. The molecule has 3 rings (SSSR count). The third-order valence-electron chi connectivity index (χ3n) is 6.01. The van der Waals surface area contributed by atoms with Crippen LogP contribution >= 0.6 is 0 Å². The topological polar surface area (TPSA) is 58.6 Å². The average Bonchev–Trinajstić information content (AvgIpc) is 2.76. The molecular weight excluding hydrogens is 412 g/mol. The average molecular weight is 451 g/mol. The molecule has 0 unspecified atom stereocenters. The van der Waals surface area contributed by atoms with Crippen molar-refractivity contribution in [1.29, 1.82) is 0 Å². The molecule has 0 bridgehead atoms. The number of amides is 2. The van der Waals surface area contributed by atoms with Crippen molar-refractivity contribution in [2.45, 2.75) is 66.5 Å². The van der Waals surface area contributed by atoms with Gasteiger partial charge in [-0.1, -0.05) is 63.6 Å². The molecule has 178 valence electrons. The zero-order valence-corrected chi connectivity index (χ0v) is 20.9. The van der Waals surface area contributed by atoms with E-state index in [0.717, 1.165) is 17.5 Å². The second kappa shape index (κ2) is 10.9. The molecule has 2 aromatic carbocycles. The van der Waals surface area contributed by atoms with Crippen LogP contribution in [0.15, 0.2) is 42.5 Å². The first kappa shape index (κ1) is 24.8. The summed E-state index contributed by atoms with van der Waals surface area (Å²) in [6, 6.07) is 14.3. The van der Waals surface area contributed by atoms with Crippen molar-refractivity contribution in [3.05, 3.63) is 64.7 Å². The van der Waals surface area contributed by atoms with E-state index in [1.165, 1.54) is 11.1 Å². The number of nitrogens with zero attached hydrogens (tertiary/aromatic N) is 1. The number of nitrogens with one attached hydrogen (secondary N) is 1. The van der Waals surface area contributed by atoms with Crippen molar-refractivity contribution in [2.24, 2.45) is 11.8 Å². The lowest BCUT2D eigenvalue weighted by molar-refractivity contribution is -0.134. The summed E-state index contributed by atoms with van der Waals surface area (Å²) < 4.78 is 6.02. The van der Waals surface area contributed by atoms with Crippen LogP contribution in [0.3, 0.4) is 0 Å². The van der Waals surface area contributed by atoms with Gasteiger partial charge in [0.05, 0.1) is 6.04 Å². The standard InChI is InChI=1S/C28H38N2O3/c1-18(2)15-26(31)30-14-13-22-11-12-24(33-21(6)28(32)29-17-19(3)4)16-25(22)27(30)23-9-7-20(5)8-10-23/h7-12,16,18-19,21,27H,13-15,17H2,1-6H3,(H,29,32)/t21-,27+/m0/s1. The minimum absolute atomic E-state index is 0.120. The van der Waals surface area contributed by atoms with E-state index in [1.807, 2.05) is 17.0 Å². The van der Waals surface area contributed by atoms with Gasteiger partial charge in [-0.25, -0.2) is 0 Å². The van der Waals surface area contributed by atoms with Crippen LogP contribution in [0, 0.1) is 18.8 Å². The molecule has 2 atom stereocenters. The smallest absolute Gasteiger partial charge is 0.260 e. The van der Waals surface area contributed by atoms with E-state index in [9.17, 15) is 9.59 Å². The second-order valence-electron chi connectivity index (χ2n) is 10.0. The Morgan fingerprint density at radius 3 is 2.36 bits per heavy atom. The van der Waals surface area contributed by atoms with Crippen molar-refractivity contribution in [2.75, 3.05) is 13.1 Å². The number of carbonyl (C=O) groups excluding carboxylic acids is 2. The van der Waals surface area contributed by atoms with Crippen LogP contribution in [-0.2, 0) is 16.0 Å². The first-order chi connectivity index (χ1) is 15.7. The van der Waals surface area contributed by atoms with Crippen molar-refractivity contribution in [1.82, 2.24) is 10.2 Å². The molecule has 0 spiro atoms. The lowest BCUT2D eigenvalue weighted by Crippen LogP contribution is -2.41. The molecule has 0 saturated carbocycles. The number of hydrogen-bond donors (Lipinski definition) is 1. The molecule has 1 aliphatic heterocycles. The fourth-order valence-corrected chi connectivity index (χ4v) is 4.22.